The molecule has 3 fully saturated rings. The second-order valence-electron chi connectivity index (χ2n) is 9.16. The van der Waals surface area contributed by atoms with Gasteiger partial charge in [0.1, 0.15) is 48.8 Å². The smallest absolute Gasteiger partial charge is 0.187 e. The Morgan fingerprint density at radius 2 is 1.50 bits per heavy atom. The molecule has 13 heteroatoms. The molecule has 0 bridgehead atoms. The molecule has 3 aliphatic rings. The minimum Gasteiger partial charge on any atom is -0.394 e. The van der Waals surface area contributed by atoms with E-state index < -0.39 is 92.2 Å². The fourth-order valence-corrected chi connectivity index (χ4v) is 4.56. The second kappa shape index (κ2) is 10.4. The van der Waals surface area contributed by atoms with E-state index in [-0.39, 0.29) is 5.92 Å². The highest BCUT2D eigenvalue weighted by Gasteiger charge is 2.52. The average Bonchev–Trinajstić information content (AvgIpc) is 3.03. The monoisotopic (exact) mass is 467 g/mol. The van der Waals surface area contributed by atoms with E-state index in [1.165, 1.54) is 0 Å². The van der Waals surface area contributed by atoms with Gasteiger partial charge in [0, 0.05) is 12.1 Å². The van der Waals surface area contributed by atoms with Gasteiger partial charge in [0.15, 0.2) is 12.6 Å². The Morgan fingerprint density at radius 1 is 0.875 bits per heavy atom. The molecule has 0 spiro atoms. The lowest BCUT2D eigenvalue weighted by Crippen LogP contribution is -2.66. The van der Waals surface area contributed by atoms with Gasteiger partial charge in [-0.15, -0.1) is 0 Å². The molecule has 5 unspecified atom stereocenters. The van der Waals surface area contributed by atoms with E-state index in [0.29, 0.717) is 6.42 Å². The Hall–Kier alpha value is -0.520. The lowest BCUT2D eigenvalue weighted by molar-refractivity contribution is -0.312. The van der Waals surface area contributed by atoms with Crippen molar-refractivity contribution < 1.29 is 49.6 Å². The molecule has 12 N–H and O–H groups in total. The Labute approximate surface area is 186 Å². The summed E-state index contributed by atoms with van der Waals surface area (Å²) in [5.41, 5.74) is 18.0. The van der Waals surface area contributed by atoms with Crippen LogP contribution in [0.25, 0.3) is 0 Å². The number of aliphatic hydroxyl groups excluding tert-OH is 6. The first-order valence-corrected chi connectivity index (χ1v) is 10.9. The Morgan fingerprint density at radius 3 is 2.06 bits per heavy atom. The van der Waals surface area contributed by atoms with Gasteiger partial charge >= 0.3 is 0 Å². The van der Waals surface area contributed by atoms with Crippen LogP contribution in [-0.2, 0) is 18.9 Å². The largest absolute Gasteiger partial charge is 0.394 e. The maximum absolute atomic E-state index is 10.8. The summed E-state index contributed by atoms with van der Waals surface area (Å²) >= 11 is 0. The Bertz CT molecular complexity index is 616. The first-order valence-electron chi connectivity index (χ1n) is 10.9. The highest BCUT2D eigenvalue weighted by molar-refractivity contribution is 4.99. The number of aliphatic hydroxyl groups is 6. The number of nitrogens with two attached hydrogens (primary N) is 3. The van der Waals surface area contributed by atoms with Gasteiger partial charge in [0.05, 0.1) is 18.8 Å². The zero-order valence-corrected chi connectivity index (χ0v) is 18.1. The quantitative estimate of drug-likeness (QED) is 0.178. The first-order chi connectivity index (χ1) is 15.0. The van der Waals surface area contributed by atoms with Crippen LogP contribution in [-0.4, -0.2) is 123 Å². The summed E-state index contributed by atoms with van der Waals surface area (Å²) in [6.07, 6.45) is -13.0. The number of hydrogen-bond donors (Lipinski definition) is 9. The van der Waals surface area contributed by atoms with Crippen LogP contribution in [0, 0.1) is 5.92 Å². The van der Waals surface area contributed by atoms with Crippen LogP contribution >= 0.6 is 0 Å². The highest BCUT2D eigenvalue weighted by Crippen LogP contribution is 2.34. The molecule has 15 atom stereocenters. The fraction of sp³-hybridized carbons (Fsp3) is 1.00. The molecule has 2 saturated heterocycles. The number of ether oxygens (including phenoxy) is 4. The van der Waals surface area contributed by atoms with Crippen molar-refractivity contribution in [2.24, 2.45) is 23.1 Å². The average molecular weight is 468 g/mol. The summed E-state index contributed by atoms with van der Waals surface area (Å²) in [6.45, 7) is 2.80. The summed E-state index contributed by atoms with van der Waals surface area (Å²) in [4.78, 5) is 0. The van der Waals surface area contributed by atoms with Gasteiger partial charge in [-0.25, -0.2) is 0 Å². The molecule has 13 nitrogen and oxygen atoms in total. The van der Waals surface area contributed by atoms with Crippen molar-refractivity contribution >= 4 is 0 Å². The van der Waals surface area contributed by atoms with Crippen LogP contribution in [0.2, 0.25) is 0 Å². The molecule has 32 heavy (non-hydrogen) atoms. The third-order valence-corrected chi connectivity index (χ3v) is 6.60. The molecule has 1 saturated carbocycles. The fourth-order valence-electron chi connectivity index (χ4n) is 4.56. The molecule has 0 aromatic rings. The third kappa shape index (κ3) is 4.95. The van der Waals surface area contributed by atoms with Crippen LogP contribution < -0.4 is 17.2 Å². The van der Waals surface area contributed by atoms with Crippen molar-refractivity contribution in [3.8, 4) is 0 Å². The zero-order chi connectivity index (χ0) is 23.9. The molecular formula is C19H37N3O10. The minimum atomic E-state index is -1.43. The van der Waals surface area contributed by atoms with Gasteiger partial charge in [-0.1, -0.05) is 6.92 Å². The van der Waals surface area contributed by atoms with Gasteiger partial charge in [-0.3, -0.25) is 0 Å². The number of rotatable bonds is 6. The Kier molecular flexibility index (Phi) is 8.48. The van der Waals surface area contributed by atoms with E-state index in [1.807, 2.05) is 0 Å². The standard InChI is InChI=1S/C19H37N3O10/c1-5-3-7(21)16(31-18-9(22)12(26)11(25)8(4-23)29-18)17(10(5)24)32-19-14(28)13(27)15(30-19)6(2)20/h5-19,23-28H,3-4,20-22H2,1-2H3/t5-,6-,7?,8?,9+,10-,11-,12?,13-,14?,15-,16-,17?,18-,19+/m1/s1. The topological polar surface area (TPSA) is 236 Å². The summed E-state index contributed by atoms with van der Waals surface area (Å²) in [5.74, 6) is -0.291. The van der Waals surface area contributed by atoms with Gasteiger partial charge in [0.25, 0.3) is 0 Å². The second-order valence-corrected chi connectivity index (χ2v) is 9.16. The van der Waals surface area contributed by atoms with Gasteiger partial charge < -0.3 is 66.8 Å². The van der Waals surface area contributed by atoms with Gasteiger partial charge in [-0.2, -0.15) is 0 Å². The van der Waals surface area contributed by atoms with Crippen molar-refractivity contribution in [3.05, 3.63) is 0 Å². The SMILES string of the molecule is C[C@@H]1CC(N)[C@@H](O[C@H]2OC(CO)[C@@H](O)C(O)[C@@H]2N)C(O[C@@H]2O[C@H]([C@@H](C)N)[C@H](O)C2O)[C@@H]1O. The van der Waals surface area contributed by atoms with E-state index in [2.05, 4.69) is 0 Å². The molecule has 1 aliphatic carbocycles. The molecule has 0 radical (unpaired) electrons. The molecule has 0 aromatic carbocycles. The highest BCUT2D eigenvalue weighted by atomic mass is 16.7. The van der Waals surface area contributed by atoms with Crippen molar-refractivity contribution in [3.63, 3.8) is 0 Å². The maximum Gasteiger partial charge on any atom is 0.187 e. The van der Waals surface area contributed by atoms with E-state index >= 15 is 0 Å². The summed E-state index contributed by atoms with van der Waals surface area (Å²) in [6, 6.07) is -2.41. The van der Waals surface area contributed by atoms with Crippen molar-refractivity contribution in [2.45, 2.75) is 106 Å². The van der Waals surface area contributed by atoms with Crippen LogP contribution in [0.4, 0.5) is 0 Å². The van der Waals surface area contributed by atoms with Crippen molar-refractivity contribution in [1.82, 2.24) is 0 Å². The zero-order valence-electron chi connectivity index (χ0n) is 18.1. The lowest BCUT2D eigenvalue weighted by Gasteiger charge is -2.47. The molecule has 0 amide bonds. The number of hydrogen-bond acceptors (Lipinski definition) is 13. The normalized spacial score (nSPS) is 53.3. The lowest BCUT2D eigenvalue weighted by atomic mass is 9.80. The summed E-state index contributed by atoms with van der Waals surface area (Å²) < 4.78 is 22.9. The van der Waals surface area contributed by atoms with E-state index in [4.69, 9.17) is 36.1 Å². The third-order valence-electron chi connectivity index (χ3n) is 6.60. The van der Waals surface area contributed by atoms with Crippen LogP contribution in [0.15, 0.2) is 0 Å². The molecular weight excluding hydrogens is 430 g/mol. The van der Waals surface area contributed by atoms with Crippen molar-refractivity contribution in [1.29, 1.82) is 0 Å². The van der Waals surface area contributed by atoms with Gasteiger partial charge in [0.2, 0.25) is 0 Å². The molecule has 0 aromatic heterocycles. The van der Waals surface area contributed by atoms with Crippen LogP contribution in [0.5, 0.6) is 0 Å². The first kappa shape index (κ1) is 26.1. The van der Waals surface area contributed by atoms with Gasteiger partial charge in [-0.05, 0) is 19.3 Å². The Balaban J connectivity index is 1.78. The molecule has 3 rings (SSSR count). The predicted octanol–water partition coefficient (Wildman–Crippen LogP) is -4.95. The van der Waals surface area contributed by atoms with E-state index in [9.17, 15) is 30.6 Å². The van der Waals surface area contributed by atoms with E-state index in [1.54, 1.807) is 13.8 Å². The maximum atomic E-state index is 10.8. The molecule has 188 valence electrons. The predicted molar refractivity (Wildman–Crippen MR) is 108 cm³/mol. The minimum absolute atomic E-state index is 0.291. The molecule has 2 heterocycles. The van der Waals surface area contributed by atoms with E-state index in [0.717, 1.165) is 0 Å². The van der Waals surface area contributed by atoms with Crippen molar-refractivity contribution in [2.75, 3.05) is 6.61 Å². The summed E-state index contributed by atoms with van der Waals surface area (Å²) in [7, 11) is 0. The van der Waals surface area contributed by atoms with Crippen LogP contribution in [0.1, 0.15) is 20.3 Å². The van der Waals surface area contributed by atoms with Crippen LogP contribution in [0.3, 0.4) is 0 Å². The summed E-state index contributed by atoms with van der Waals surface area (Å²) in [5, 5.41) is 61.0. The molecule has 2 aliphatic heterocycles.